The fourth-order valence-electron chi connectivity index (χ4n) is 7.68. The molecular weight excluding hydrogens is 603 g/mol. The Morgan fingerprint density at radius 1 is 0.265 bits per heavy atom. The molecule has 0 amide bonds. The molecule has 0 aliphatic carbocycles. The molecule has 0 atom stereocenters. The summed E-state index contributed by atoms with van der Waals surface area (Å²) in [7, 11) is 0. The summed E-state index contributed by atoms with van der Waals surface area (Å²) in [6.45, 7) is 0. The van der Waals surface area contributed by atoms with Gasteiger partial charge in [-0.15, -0.1) is 0 Å². The Labute approximate surface area is 279 Å². The minimum absolute atomic E-state index is 0.352. The lowest BCUT2D eigenvalue weighted by molar-refractivity contribution is 0.976. The molecule has 49 heavy (non-hydrogen) atoms. The van der Waals surface area contributed by atoms with Gasteiger partial charge in [-0.1, -0.05) is 91.0 Å². The SMILES string of the molecule is O=c1c2cc3c(cc2c2cc4c5ccccc5n(-c5ccccc5)c4cc2c(=O)n1-c1ccccc1)c1ccccc1n3-c1ccccc1. The van der Waals surface area contributed by atoms with Crippen LogP contribution in [0.1, 0.15) is 0 Å². The molecule has 0 bridgehead atoms. The van der Waals surface area contributed by atoms with Gasteiger partial charge >= 0.3 is 0 Å². The van der Waals surface area contributed by atoms with Crippen LogP contribution < -0.4 is 11.1 Å². The number of para-hydroxylation sites is 5. The number of aromatic nitrogens is 3. The van der Waals surface area contributed by atoms with Crippen LogP contribution in [-0.4, -0.2) is 13.7 Å². The fraction of sp³-hybridized carbons (Fsp3) is 0. The van der Waals surface area contributed by atoms with Crippen molar-refractivity contribution in [3.05, 3.63) is 184 Å². The van der Waals surface area contributed by atoms with Crippen LogP contribution in [0.4, 0.5) is 0 Å². The highest BCUT2D eigenvalue weighted by atomic mass is 16.2. The summed E-state index contributed by atoms with van der Waals surface area (Å²) < 4.78 is 5.75. The molecule has 0 fully saturated rings. The van der Waals surface area contributed by atoms with Crippen LogP contribution in [-0.2, 0) is 0 Å². The zero-order valence-corrected chi connectivity index (χ0v) is 26.2. The number of hydrogen-bond donors (Lipinski definition) is 0. The van der Waals surface area contributed by atoms with Gasteiger partial charge in [0.15, 0.2) is 0 Å². The third-order valence-electron chi connectivity index (χ3n) is 9.82. The molecule has 0 aliphatic rings. The van der Waals surface area contributed by atoms with Gasteiger partial charge in [0.25, 0.3) is 11.1 Å². The van der Waals surface area contributed by atoms with Gasteiger partial charge in [0.05, 0.1) is 38.5 Å². The van der Waals surface area contributed by atoms with Gasteiger partial charge in [-0.3, -0.25) is 9.59 Å². The van der Waals surface area contributed by atoms with E-state index in [1.807, 2.05) is 103 Å². The average Bonchev–Trinajstić information content (AvgIpc) is 3.64. The van der Waals surface area contributed by atoms with Crippen molar-refractivity contribution in [1.82, 2.24) is 13.7 Å². The Morgan fingerprint density at radius 3 is 1.02 bits per heavy atom. The first-order valence-electron chi connectivity index (χ1n) is 16.4. The Morgan fingerprint density at radius 2 is 0.612 bits per heavy atom. The lowest BCUT2D eigenvalue weighted by Crippen LogP contribution is -2.28. The maximum absolute atomic E-state index is 14.8. The van der Waals surface area contributed by atoms with Crippen LogP contribution in [0.5, 0.6) is 0 Å². The molecule has 230 valence electrons. The lowest BCUT2D eigenvalue weighted by atomic mass is 10.0. The van der Waals surface area contributed by atoms with E-state index in [4.69, 9.17) is 0 Å². The Bertz CT molecular complexity index is 2880. The van der Waals surface area contributed by atoms with Gasteiger partial charge in [0.2, 0.25) is 0 Å². The first-order valence-corrected chi connectivity index (χ1v) is 16.4. The van der Waals surface area contributed by atoms with Crippen LogP contribution in [0, 0.1) is 0 Å². The van der Waals surface area contributed by atoms with E-state index < -0.39 is 0 Å². The van der Waals surface area contributed by atoms with Crippen LogP contribution in [0.25, 0.3) is 82.2 Å². The second kappa shape index (κ2) is 10.4. The minimum Gasteiger partial charge on any atom is -0.309 e. The number of nitrogens with zero attached hydrogens (tertiary/aromatic N) is 3. The van der Waals surface area contributed by atoms with Crippen molar-refractivity contribution in [3.8, 4) is 17.1 Å². The molecule has 10 aromatic rings. The molecule has 3 aromatic heterocycles. The number of rotatable bonds is 3. The first-order chi connectivity index (χ1) is 24.2. The second-order valence-corrected chi connectivity index (χ2v) is 12.5. The predicted octanol–water partition coefficient (Wildman–Crippen LogP) is 9.70. The Balaban J connectivity index is 1.46. The maximum Gasteiger partial charge on any atom is 0.266 e. The van der Waals surface area contributed by atoms with Gasteiger partial charge in [-0.2, -0.15) is 0 Å². The number of fused-ring (bicyclic) bond motifs is 9. The third kappa shape index (κ3) is 3.93. The molecule has 7 aromatic carbocycles. The van der Waals surface area contributed by atoms with Gasteiger partial charge in [0, 0.05) is 32.9 Å². The highest BCUT2D eigenvalue weighted by Crippen LogP contribution is 2.38. The van der Waals surface area contributed by atoms with E-state index in [0.717, 1.165) is 65.8 Å². The van der Waals surface area contributed by atoms with Crippen molar-refractivity contribution in [2.45, 2.75) is 0 Å². The van der Waals surface area contributed by atoms with Gasteiger partial charge in [-0.25, -0.2) is 4.57 Å². The number of hydrogen-bond acceptors (Lipinski definition) is 2. The van der Waals surface area contributed by atoms with Crippen molar-refractivity contribution in [2.75, 3.05) is 0 Å². The van der Waals surface area contributed by atoms with E-state index in [0.29, 0.717) is 16.5 Å². The van der Waals surface area contributed by atoms with Gasteiger partial charge in [0.1, 0.15) is 0 Å². The monoisotopic (exact) mass is 629 g/mol. The van der Waals surface area contributed by atoms with Crippen LogP contribution >= 0.6 is 0 Å². The molecule has 0 saturated heterocycles. The summed E-state index contributed by atoms with van der Waals surface area (Å²) in [5.74, 6) is 0. The molecule has 10 rings (SSSR count). The molecule has 0 aliphatic heterocycles. The standard InChI is InChI=1S/C44H27N3O2/c48-43-37-26-41-35(31-20-10-12-22-39(31)45(41)28-14-4-1-5-15-28)24-33(37)34-25-36-32-21-11-13-23-40(32)46(29-16-6-2-7-17-29)42(36)27-38(34)44(49)47(43)30-18-8-3-9-19-30/h1-27H. The summed E-state index contributed by atoms with van der Waals surface area (Å²) >= 11 is 0. The van der Waals surface area contributed by atoms with Crippen molar-refractivity contribution in [2.24, 2.45) is 0 Å². The smallest absolute Gasteiger partial charge is 0.266 e. The summed E-state index contributed by atoms with van der Waals surface area (Å²) in [5, 5.41) is 6.64. The zero-order chi connectivity index (χ0) is 32.6. The first kappa shape index (κ1) is 27.4. The van der Waals surface area contributed by atoms with E-state index in [-0.39, 0.29) is 11.1 Å². The quantitative estimate of drug-likeness (QED) is 0.195. The molecule has 5 nitrogen and oxygen atoms in total. The van der Waals surface area contributed by atoms with Crippen molar-refractivity contribution < 1.29 is 0 Å². The highest BCUT2D eigenvalue weighted by molar-refractivity contribution is 6.21. The van der Waals surface area contributed by atoms with Gasteiger partial charge < -0.3 is 9.13 Å². The van der Waals surface area contributed by atoms with E-state index in [9.17, 15) is 9.59 Å². The Kier molecular flexibility index (Phi) is 5.81. The Hall–Kier alpha value is -6.72. The maximum atomic E-state index is 14.8. The normalized spacial score (nSPS) is 11.8. The van der Waals surface area contributed by atoms with Crippen molar-refractivity contribution >= 4 is 65.2 Å². The zero-order valence-electron chi connectivity index (χ0n) is 26.2. The molecule has 5 heteroatoms. The van der Waals surface area contributed by atoms with Gasteiger partial charge in [-0.05, 0) is 83.6 Å². The molecular formula is C44H27N3O2. The summed E-state index contributed by atoms with van der Waals surface area (Å²) in [6, 6.07) is 54.5. The highest BCUT2D eigenvalue weighted by Gasteiger charge is 2.20. The molecule has 0 unspecified atom stereocenters. The summed E-state index contributed by atoms with van der Waals surface area (Å²) in [6.07, 6.45) is 0. The largest absolute Gasteiger partial charge is 0.309 e. The van der Waals surface area contributed by atoms with Crippen LogP contribution in [0.3, 0.4) is 0 Å². The summed E-state index contributed by atoms with van der Waals surface area (Å²) in [5.41, 5.74) is 5.74. The second-order valence-electron chi connectivity index (χ2n) is 12.5. The van der Waals surface area contributed by atoms with Crippen LogP contribution in [0.2, 0.25) is 0 Å². The topological polar surface area (TPSA) is 48.9 Å². The third-order valence-corrected chi connectivity index (χ3v) is 9.82. The number of benzene rings is 7. The van der Waals surface area contributed by atoms with E-state index in [1.165, 1.54) is 4.57 Å². The lowest BCUT2D eigenvalue weighted by Gasteiger charge is -2.08. The molecule has 0 radical (unpaired) electrons. The molecule has 0 N–H and O–H groups in total. The molecule has 0 spiro atoms. The van der Waals surface area contributed by atoms with Crippen molar-refractivity contribution in [3.63, 3.8) is 0 Å². The predicted molar refractivity (Wildman–Crippen MR) is 202 cm³/mol. The van der Waals surface area contributed by atoms with Crippen LogP contribution in [0.15, 0.2) is 173 Å². The summed E-state index contributed by atoms with van der Waals surface area (Å²) in [4.78, 5) is 29.7. The van der Waals surface area contributed by atoms with Crippen molar-refractivity contribution in [1.29, 1.82) is 0 Å². The molecule has 3 heterocycles. The van der Waals surface area contributed by atoms with E-state index >= 15 is 0 Å². The average molecular weight is 630 g/mol. The molecule has 0 saturated carbocycles. The van der Waals surface area contributed by atoms with E-state index in [2.05, 4.69) is 69.8 Å². The minimum atomic E-state index is -0.352. The van der Waals surface area contributed by atoms with E-state index in [1.54, 1.807) is 0 Å². The fourth-order valence-corrected chi connectivity index (χ4v) is 7.68.